The van der Waals surface area contributed by atoms with E-state index in [4.69, 9.17) is 10.2 Å². The smallest absolute Gasteiger partial charge is 0.435 e. The van der Waals surface area contributed by atoms with Crippen molar-refractivity contribution in [1.29, 1.82) is 0 Å². The summed E-state index contributed by atoms with van der Waals surface area (Å²) in [7, 11) is 0. The molecule has 1 aromatic heterocycles. The largest absolute Gasteiger partial charge is 0.479 e. The summed E-state index contributed by atoms with van der Waals surface area (Å²) in [6.45, 7) is -1.05. The molecule has 19 heavy (non-hydrogen) atoms. The Kier molecular flexibility index (Phi) is 4.48. The van der Waals surface area contributed by atoms with Gasteiger partial charge in [0.2, 0.25) is 5.91 Å². The predicted octanol–water partition coefficient (Wildman–Crippen LogP) is -0.536. The molecule has 1 aromatic rings. The Morgan fingerprint density at radius 2 is 2.11 bits per heavy atom. The first-order valence-corrected chi connectivity index (χ1v) is 4.98. The summed E-state index contributed by atoms with van der Waals surface area (Å²) in [4.78, 5) is 21.5. The van der Waals surface area contributed by atoms with Gasteiger partial charge in [-0.25, -0.2) is 4.79 Å². The molecule has 0 spiro atoms. The van der Waals surface area contributed by atoms with E-state index in [2.05, 4.69) is 5.10 Å². The number of hydrogen-bond donors (Lipinski definition) is 3. The van der Waals surface area contributed by atoms with Gasteiger partial charge >= 0.3 is 12.1 Å². The standard InChI is InChI=1S/C9H10F3N3O4/c10-9(11,12)6-1-2-15(14-6)4-7(17)13-3-5(16)8(18)19/h1-2,5,16H,3-4H2,(H,13,17)(H,18,19)/t5-/m0/s1. The monoisotopic (exact) mass is 281 g/mol. The van der Waals surface area contributed by atoms with Crippen LogP contribution in [-0.2, 0) is 22.3 Å². The van der Waals surface area contributed by atoms with Gasteiger partial charge in [0.25, 0.3) is 0 Å². The topological polar surface area (TPSA) is 104 Å². The molecule has 0 saturated heterocycles. The van der Waals surface area contributed by atoms with Crippen LogP contribution in [0.5, 0.6) is 0 Å². The minimum Gasteiger partial charge on any atom is -0.479 e. The number of carbonyl (C=O) groups excluding carboxylic acids is 1. The zero-order chi connectivity index (χ0) is 14.6. The fourth-order valence-corrected chi connectivity index (χ4v) is 1.10. The number of aliphatic carboxylic acids is 1. The number of carboxylic acids is 1. The summed E-state index contributed by atoms with van der Waals surface area (Å²) in [6.07, 6.45) is -5.40. The van der Waals surface area contributed by atoms with Crippen molar-refractivity contribution in [2.24, 2.45) is 0 Å². The fourth-order valence-electron chi connectivity index (χ4n) is 1.10. The first-order valence-electron chi connectivity index (χ1n) is 4.98. The van der Waals surface area contributed by atoms with Gasteiger partial charge in [0.05, 0.1) is 6.54 Å². The normalized spacial score (nSPS) is 13.1. The lowest BCUT2D eigenvalue weighted by Gasteiger charge is -2.07. The highest BCUT2D eigenvalue weighted by atomic mass is 19.4. The van der Waals surface area contributed by atoms with Crippen molar-refractivity contribution < 1.29 is 33.0 Å². The third-order valence-corrected chi connectivity index (χ3v) is 2.01. The Labute approximate surface area is 104 Å². The summed E-state index contributed by atoms with van der Waals surface area (Å²) in [5, 5.41) is 22.4. The number of amides is 1. The summed E-state index contributed by atoms with van der Waals surface area (Å²) >= 11 is 0. The van der Waals surface area contributed by atoms with Crippen LogP contribution in [-0.4, -0.2) is 44.5 Å². The van der Waals surface area contributed by atoms with Crippen LogP contribution in [0.15, 0.2) is 12.3 Å². The highest BCUT2D eigenvalue weighted by Crippen LogP contribution is 2.27. The van der Waals surface area contributed by atoms with Crippen molar-refractivity contribution in [2.45, 2.75) is 18.8 Å². The minimum atomic E-state index is -4.60. The van der Waals surface area contributed by atoms with E-state index in [1.807, 2.05) is 5.32 Å². The second-order valence-electron chi connectivity index (χ2n) is 3.55. The van der Waals surface area contributed by atoms with Crippen molar-refractivity contribution in [3.05, 3.63) is 18.0 Å². The van der Waals surface area contributed by atoms with E-state index < -0.39 is 42.9 Å². The quantitative estimate of drug-likeness (QED) is 0.672. The van der Waals surface area contributed by atoms with Crippen LogP contribution in [0.3, 0.4) is 0 Å². The third kappa shape index (κ3) is 4.58. The second-order valence-corrected chi connectivity index (χ2v) is 3.55. The molecule has 0 aliphatic carbocycles. The van der Waals surface area contributed by atoms with Crippen LogP contribution in [0.4, 0.5) is 13.2 Å². The van der Waals surface area contributed by atoms with E-state index in [0.717, 1.165) is 10.9 Å². The summed E-state index contributed by atoms with van der Waals surface area (Å²) in [6, 6.07) is 0.708. The highest BCUT2D eigenvalue weighted by Gasteiger charge is 2.33. The molecule has 10 heteroatoms. The number of halogens is 3. The van der Waals surface area contributed by atoms with Gasteiger partial charge in [-0.3, -0.25) is 9.48 Å². The van der Waals surface area contributed by atoms with Crippen molar-refractivity contribution in [3.63, 3.8) is 0 Å². The number of aromatic nitrogens is 2. The molecule has 3 N–H and O–H groups in total. The molecule has 0 aliphatic rings. The van der Waals surface area contributed by atoms with Crippen molar-refractivity contribution >= 4 is 11.9 Å². The van der Waals surface area contributed by atoms with Gasteiger partial charge in [-0.1, -0.05) is 0 Å². The Morgan fingerprint density at radius 3 is 2.58 bits per heavy atom. The van der Waals surface area contributed by atoms with E-state index in [0.29, 0.717) is 6.07 Å². The number of carboxylic acid groups (broad SMARTS) is 1. The van der Waals surface area contributed by atoms with Gasteiger partial charge in [0.15, 0.2) is 11.8 Å². The maximum absolute atomic E-state index is 12.2. The van der Waals surface area contributed by atoms with Crippen molar-refractivity contribution in [1.82, 2.24) is 15.1 Å². The Morgan fingerprint density at radius 1 is 1.47 bits per heavy atom. The third-order valence-electron chi connectivity index (χ3n) is 2.01. The van der Waals surface area contributed by atoms with Gasteiger partial charge in [0, 0.05) is 6.20 Å². The average molecular weight is 281 g/mol. The maximum atomic E-state index is 12.2. The molecule has 0 fully saturated rings. The number of carbonyl (C=O) groups is 2. The van der Waals surface area contributed by atoms with E-state index >= 15 is 0 Å². The van der Waals surface area contributed by atoms with E-state index in [9.17, 15) is 22.8 Å². The lowest BCUT2D eigenvalue weighted by Crippen LogP contribution is -2.38. The fraction of sp³-hybridized carbons (Fsp3) is 0.444. The molecule has 1 rings (SSSR count). The van der Waals surface area contributed by atoms with Crippen molar-refractivity contribution in [3.8, 4) is 0 Å². The van der Waals surface area contributed by atoms with Crippen LogP contribution >= 0.6 is 0 Å². The number of hydrogen-bond acceptors (Lipinski definition) is 4. The van der Waals surface area contributed by atoms with Gasteiger partial charge in [-0.05, 0) is 6.07 Å². The molecule has 7 nitrogen and oxygen atoms in total. The molecule has 0 radical (unpaired) electrons. The number of nitrogens with zero attached hydrogens (tertiary/aromatic N) is 2. The van der Waals surface area contributed by atoms with E-state index in [1.54, 1.807) is 0 Å². The van der Waals surface area contributed by atoms with Gasteiger partial charge < -0.3 is 15.5 Å². The zero-order valence-corrected chi connectivity index (χ0v) is 9.39. The van der Waals surface area contributed by atoms with E-state index in [-0.39, 0.29) is 0 Å². The van der Waals surface area contributed by atoms with Crippen molar-refractivity contribution in [2.75, 3.05) is 6.54 Å². The molecule has 0 aliphatic heterocycles. The molecule has 0 saturated carbocycles. The SMILES string of the molecule is O=C(Cn1ccc(C(F)(F)F)n1)NC[C@H](O)C(=O)O. The van der Waals surface area contributed by atoms with Crippen LogP contribution < -0.4 is 5.32 Å². The molecule has 1 heterocycles. The second kappa shape index (κ2) is 5.69. The first kappa shape index (κ1) is 15.0. The van der Waals surface area contributed by atoms with Gasteiger partial charge in [-0.2, -0.15) is 18.3 Å². The van der Waals surface area contributed by atoms with Gasteiger partial charge in [-0.15, -0.1) is 0 Å². The molecule has 106 valence electrons. The molecular formula is C9H10F3N3O4. The number of aliphatic hydroxyl groups excluding tert-OH is 1. The Hall–Kier alpha value is -2.10. The Bertz CT molecular complexity index is 472. The number of rotatable bonds is 5. The average Bonchev–Trinajstić information content (AvgIpc) is 2.73. The number of nitrogens with one attached hydrogen (secondary N) is 1. The summed E-state index contributed by atoms with van der Waals surface area (Å²) in [5.41, 5.74) is -1.13. The van der Waals surface area contributed by atoms with Crippen LogP contribution in [0.25, 0.3) is 0 Å². The minimum absolute atomic E-state index is 0.511. The number of alkyl halides is 3. The lowest BCUT2D eigenvalue weighted by atomic mass is 10.3. The molecular weight excluding hydrogens is 271 g/mol. The number of aliphatic hydroxyl groups is 1. The van der Waals surface area contributed by atoms with Crippen LogP contribution in [0, 0.1) is 0 Å². The van der Waals surface area contributed by atoms with Crippen LogP contribution in [0.2, 0.25) is 0 Å². The predicted molar refractivity (Wildman–Crippen MR) is 53.9 cm³/mol. The molecule has 0 unspecified atom stereocenters. The molecule has 0 aromatic carbocycles. The van der Waals surface area contributed by atoms with Crippen LogP contribution in [0.1, 0.15) is 5.69 Å². The zero-order valence-electron chi connectivity index (χ0n) is 9.39. The van der Waals surface area contributed by atoms with E-state index in [1.165, 1.54) is 0 Å². The Balaban J connectivity index is 2.49. The van der Waals surface area contributed by atoms with Gasteiger partial charge in [0.1, 0.15) is 6.54 Å². The first-order chi connectivity index (χ1) is 8.70. The summed E-state index contributed by atoms with van der Waals surface area (Å²) < 4.78 is 37.4. The molecule has 1 atom stereocenters. The summed E-state index contributed by atoms with van der Waals surface area (Å²) in [5.74, 6) is -2.28. The lowest BCUT2D eigenvalue weighted by molar-refractivity contribution is -0.146. The molecule has 0 bridgehead atoms. The maximum Gasteiger partial charge on any atom is 0.435 e. The highest BCUT2D eigenvalue weighted by molar-refractivity contribution is 5.77. The molecule has 1 amide bonds.